The summed E-state index contributed by atoms with van der Waals surface area (Å²) in [5.74, 6) is 0. The summed E-state index contributed by atoms with van der Waals surface area (Å²) in [5.41, 5.74) is 0. The number of quaternary nitrogens is 1. The quantitative estimate of drug-likeness (QED) is 0.135. The summed E-state index contributed by atoms with van der Waals surface area (Å²) >= 11 is 0. The van der Waals surface area contributed by atoms with Crippen LogP contribution in [-0.4, -0.2) is 49.7 Å². The zero-order valence-electron chi connectivity index (χ0n) is 19.3. The van der Waals surface area contributed by atoms with E-state index in [9.17, 15) is 5.11 Å². The van der Waals surface area contributed by atoms with Crippen LogP contribution in [0.1, 0.15) is 117 Å². The molecule has 3 nitrogen and oxygen atoms in total. The molecule has 0 aliphatic carbocycles. The summed E-state index contributed by atoms with van der Waals surface area (Å²) in [6.07, 6.45) is 22.2. The number of aliphatic hydroxyl groups excluding tert-OH is 1. The third kappa shape index (κ3) is 22.0. The van der Waals surface area contributed by atoms with Gasteiger partial charge in [0.1, 0.15) is 12.6 Å². The van der Waals surface area contributed by atoms with Crippen molar-refractivity contribution in [2.75, 3.05) is 34.0 Å². The lowest BCUT2D eigenvalue weighted by molar-refractivity contribution is -0.912. The van der Waals surface area contributed by atoms with Gasteiger partial charge in [-0.1, -0.05) is 103 Å². The molecule has 1 N–H and O–H groups in total. The average Bonchev–Trinajstić information content (AvgIpc) is 2.59. The van der Waals surface area contributed by atoms with E-state index in [2.05, 4.69) is 21.0 Å². The van der Waals surface area contributed by atoms with E-state index in [1.54, 1.807) is 0 Å². The van der Waals surface area contributed by atoms with Gasteiger partial charge in [0.05, 0.1) is 20.7 Å². The molecule has 0 rings (SSSR count). The van der Waals surface area contributed by atoms with Gasteiger partial charge in [0.2, 0.25) is 0 Å². The molecule has 0 spiro atoms. The Hall–Kier alpha value is -0.120. The summed E-state index contributed by atoms with van der Waals surface area (Å²) < 4.78 is 6.51. The zero-order chi connectivity index (χ0) is 20.2. The molecule has 0 bridgehead atoms. The molecule has 1 atom stereocenters. The van der Waals surface area contributed by atoms with Gasteiger partial charge in [-0.3, -0.25) is 0 Å². The summed E-state index contributed by atoms with van der Waals surface area (Å²) in [6, 6.07) is 0. The van der Waals surface area contributed by atoms with Crippen molar-refractivity contribution in [2.45, 2.75) is 123 Å². The maximum Gasteiger partial charge on any atom is 0.182 e. The highest BCUT2D eigenvalue weighted by molar-refractivity contribution is 4.50. The summed E-state index contributed by atoms with van der Waals surface area (Å²) in [6.45, 7) is 6.44. The SMILES string of the molecule is CCCCCCCCCCCCCCCCCCOC[N+](C)(C)CC(C)O. The van der Waals surface area contributed by atoms with Crippen molar-refractivity contribution in [3.8, 4) is 0 Å². The van der Waals surface area contributed by atoms with Gasteiger partial charge in [-0.2, -0.15) is 0 Å². The first-order valence-corrected chi connectivity index (χ1v) is 12.1. The molecule has 0 saturated heterocycles. The van der Waals surface area contributed by atoms with Crippen molar-refractivity contribution in [3.05, 3.63) is 0 Å². The first-order chi connectivity index (χ1) is 13.0. The van der Waals surface area contributed by atoms with E-state index in [-0.39, 0.29) is 6.10 Å². The van der Waals surface area contributed by atoms with E-state index < -0.39 is 0 Å². The molecule has 27 heavy (non-hydrogen) atoms. The lowest BCUT2D eigenvalue weighted by Gasteiger charge is -2.30. The second-order valence-electron chi connectivity index (χ2n) is 9.31. The fourth-order valence-corrected chi connectivity index (χ4v) is 3.83. The molecule has 0 heterocycles. The Morgan fingerprint density at radius 3 is 1.41 bits per heavy atom. The number of ether oxygens (including phenoxy) is 1. The predicted molar refractivity (Wildman–Crippen MR) is 119 cm³/mol. The molecule has 0 aliphatic rings. The topological polar surface area (TPSA) is 29.5 Å². The number of hydrogen-bond acceptors (Lipinski definition) is 2. The second kappa shape index (κ2) is 19.2. The molecule has 0 aromatic heterocycles. The Morgan fingerprint density at radius 2 is 1.04 bits per heavy atom. The maximum atomic E-state index is 9.47. The molecule has 0 saturated carbocycles. The number of aliphatic hydroxyl groups is 1. The second-order valence-corrected chi connectivity index (χ2v) is 9.31. The van der Waals surface area contributed by atoms with E-state index in [1.807, 2.05) is 6.92 Å². The van der Waals surface area contributed by atoms with Crippen LogP contribution in [0.3, 0.4) is 0 Å². The van der Waals surface area contributed by atoms with Crippen LogP contribution in [0.4, 0.5) is 0 Å². The van der Waals surface area contributed by atoms with E-state index >= 15 is 0 Å². The molecule has 1 unspecified atom stereocenters. The Labute approximate surface area is 171 Å². The first-order valence-electron chi connectivity index (χ1n) is 12.1. The standard InChI is InChI=1S/C24H52NO2/c1-5-6-7-8-9-10-11-12-13-14-15-16-17-18-19-20-21-27-23-25(3,4)22-24(2)26/h24,26H,5-23H2,1-4H3/q+1. The van der Waals surface area contributed by atoms with Gasteiger partial charge in [0.15, 0.2) is 6.73 Å². The number of rotatable bonds is 21. The third-order valence-corrected chi connectivity index (χ3v) is 5.34. The highest BCUT2D eigenvalue weighted by atomic mass is 16.5. The molecule has 0 aromatic rings. The van der Waals surface area contributed by atoms with E-state index in [4.69, 9.17) is 4.74 Å². The van der Waals surface area contributed by atoms with Gasteiger partial charge >= 0.3 is 0 Å². The van der Waals surface area contributed by atoms with Crippen LogP contribution < -0.4 is 0 Å². The lowest BCUT2D eigenvalue weighted by atomic mass is 10.0. The van der Waals surface area contributed by atoms with Gasteiger partial charge in [-0.15, -0.1) is 0 Å². The Bertz CT molecular complexity index is 292. The predicted octanol–water partition coefficient (Wildman–Crippen LogP) is 6.68. The smallest absolute Gasteiger partial charge is 0.182 e. The zero-order valence-corrected chi connectivity index (χ0v) is 19.3. The summed E-state index contributed by atoms with van der Waals surface area (Å²) in [5, 5.41) is 9.47. The summed E-state index contributed by atoms with van der Waals surface area (Å²) in [4.78, 5) is 0. The van der Waals surface area contributed by atoms with Crippen LogP contribution in [0.25, 0.3) is 0 Å². The highest BCUT2D eigenvalue weighted by Crippen LogP contribution is 2.13. The molecule has 0 amide bonds. The van der Waals surface area contributed by atoms with Crippen LogP contribution in [0, 0.1) is 0 Å². The normalized spacial score (nSPS) is 13.2. The molecule has 0 fully saturated rings. The van der Waals surface area contributed by atoms with Crippen molar-refractivity contribution in [1.29, 1.82) is 0 Å². The van der Waals surface area contributed by atoms with Crippen molar-refractivity contribution in [3.63, 3.8) is 0 Å². The molecule has 0 radical (unpaired) electrons. The molecule has 0 aliphatic heterocycles. The minimum atomic E-state index is -0.265. The van der Waals surface area contributed by atoms with Crippen molar-refractivity contribution >= 4 is 0 Å². The molecule has 164 valence electrons. The molecular weight excluding hydrogens is 334 g/mol. The van der Waals surface area contributed by atoms with Crippen LogP contribution in [0.15, 0.2) is 0 Å². The maximum absolute atomic E-state index is 9.47. The Morgan fingerprint density at radius 1 is 0.667 bits per heavy atom. The van der Waals surface area contributed by atoms with Gasteiger partial charge < -0.3 is 14.3 Å². The van der Waals surface area contributed by atoms with Gasteiger partial charge in [-0.05, 0) is 13.3 Å². The molecule has 0 aromatic carbocycles. The average molecular weight is 387 g/mol. The van der Waals surface area contributed by atoms with Crippen LogP contribution in [0.2, 0.25) is 0 Å². The molecular formula is C24H52NO2+. The monoisotopic (exact) mass is 386 g/mol. The summed E-state index contributed by atoms with van der Waals surface area (Å²) in [7, 11) is 4.22. The number of unbranched alkanes of at least 4 members (excludes halogenated alkanes) is 15. The van der Waals surface area contributed by atoms with E-state index in [0.717, 1.165) is 17.6 Å². The van der Waals surface area contributed by atoms with E-state index in [1.165, 1.54) is 103 Å². The van der Waals surface area contributed by atoms with Crippen molar-refractivity contribution in [1.82, 2.24) is 0 Å². The van der Waals surface area contributed by atoms with E-state index in [0.29, 0.717) is 6.73 Å². The minimum absolute atomic E-state index is 0.265. The van der Waals surface area contributed by atoms with Crippen LogP contribution in [-0.2, 0) is 4.74 Å². The first kappa shape index (κ1) is 26.9. The van der Waals surface area contributed by atoms with Gasteiger partial charge in [0.25, 0.3) is 0 Å². The van der Waals surface area contributed by atoms with Gasteiger partial charge in [-0.25, -0.2) is 0 Å². The molecule has 3 heteroatoms. The van der Waals surface area contributed by atoms with Crippen molar-refractivity contribution in [2.24, 2.45) is 0 Å². The Balaban J connectivity index is 3.15. The lowest BCUT2D eigenvalue weighted by Crippen LogP contribution is -2.46. The Kier molecular flexibility index (Phi) is 19.1. The van der Waals surface area contributed by atoms with Crippen molar-refractivity contribution < 1.29 is 14.3 Å². The largest absolute Gasteiger partial charge is 0.388 e. The van der Waals surface area contributed by atoms with Gasteiger partial charge in [0, 0.05) is 0 Å². The number of nitrogens with zero attached hydrogens (tertiary/aromatic N) is 1. The van der Waals surface area contributed by atoms with Crippen LogP contribution >= 0.6 is 0 Å². The number of hydrogen-bond donors (Lipinski definition) is 1. The van der Waals surface area contributed by atoms with Crippen LogP contribution in [0.5, 0.6) is 0 Å². The highest BCUT2D eigenvalue weighted by Gasteiger charge is 2.17. The fraction of sp³-hybridized carbons (Fsp3) is 1.00. The third-order valence-electron chi connectivity index (χ3n) is 5.34. The number of likely N-dealkylation sites (N-methyl/N-ethyl adjacent to an activating group) is 1. The minimum Gasteiger partial charge on any atom is -0.388 e. The fourth-order valence-electron chi connectivity index (χ4n) is 3.83.